The fraction of sp³-hybridized carbons (Fsp3) is 0.273. The van der Waals surface area contributed by atoms with Crippen LogP contribution in [0.25, 0.3) is 0 Å². The molecule has 166 valence electrons. The standard InChI is InChI=1S/C22H22ClFN6OS/c1-13-16(23)3-2-4-17(13)25-20(31)12-32-22-27-26-21-19-11-18(14-5-7-15(24)8-6-14)28-30(19)10-9-29(21)22/h2-10,18-19,21,26,28H,11-12H2,1H3,(H,25,31). The fourth-order valence-electron chi connectivity index (χ4n) is 4.12. The lowest BCUT2D eigenvalue weighted by Gasteiger charge is -2.36. The lowest BCUT2D eigenvalue weighted by Crippen LogP contribution is -2.54. The molecule has 3 atom stereocenters. The van der Waals surface area contributed by atoms with Crippen LogP contribution in [0, 0.1) is 12.7 Å². The molecule has 0 radical (unpaired) electrons. The number of hydrogen-bond acceptors (Lipinski definition) is 7. The summed E-state index contributed by atoms with van der Waals surface area (Å²) in [5, 5.41) is 10.8. The number of benzene rings is 2. The SMILES string of the molecule is Cc1c(Cl)cccc1NC(=O)CSC1=NNC2C3CC(c4ccc(F)cc4)NN3C=CN12. The minimum Gasteiger partial charge on any atom is -0.325 e. The van der Waals surface area contributed by atoms with Gasteiger partial charge in [-0.3, -0.25) is 10.2 Å². The number of amides is 1. The fourth-order valence-corrected chi connectivity index (χ4v) is 5.07. The van der Waals surface area contributed by atoms with Crippen LogP contribution in [0.2, 0.25) is 5.02 Å². The Morgan fingerprint density at radius 2 is 2.09 bits per heavy atom. The monoisotopic (exact) mass is 472 g/mol. The molecule has 3 N–H and O–H groups in total. The number of carbonyl (C=O) groups is 1. The first-order valence-electron chi connectivity index (χ1n) is 10.3. The highest BCUT2D eigenvalue weighted by Crippen LogP contribution is 2.35. The molecule has 7 nitrogen and oxygen atoms in total. The van der Waals surface area contributed by atoms with Crippen molar-refractivity contribution >= 4 is 40.1 Å². The van der Waals surface area contributed by atoms with E-state index >= 15 is 0 Å². The maximum atomic E-state index is 13.3. The molecule has 0 aliphatic carbocycles. The van der Waals surface area contributed by atoms with Crippen molar-refractivity contribution in [2.24, 2.45) is 5.10 Å². The summed E-state index contributed by atoms with van der Waals surface area (Å²) in [6.07, 6.45) is 4.72. The second kappa shape index (κ2) is 8.65. The van der Waals surface area contributed by atoms with Gasteiger partial charge >= 0.3 is 0 Å². The molecule has 10 heteroatoms. The molecule has 2 aromatic rings. The number of rotatable bonds is 4. The first-order valence-corrected chi connectivity index (χ1v) is 11.6. The van der Waals surface area contributed by atoms with Gasteiger partial charge in [0.1, 0.15) is 12.0 Å². The Balaban J connectivity index is 1.19. The molecular formula is C22H22ClFN6OS. The van der Waals surface area contributed by atoms with E-state index in [1.165, 1.54) is 23.9 Å². The van der Waals surface area contributed by atoms with Gasteiger partial charge in [0, 0.05) is 23.1 Å². The third-order valence-corrected chi connectivity index (χ3v) is 7.23. The molecule has 3 aliphatic heterocycles. The van der Waals surface area contributed by atoms with E-state index in [9.17, 15) is 9.18 Å². The molecule has 0 bridgehead atoms. The van der Waals surface area contributed by atoms with Crippen LogP contribution in [-0.2, 0) is 4.79 Å². The van der Waals surface area contributed by atoms with Gasteiger partial charge in [0.15, 0.2) is 5.17 Å². The number of anilines is 1. The molecule has 1 saturated heterocycles. The van der Waals surface area contributed by atoms with E-state index < -0.39 is 0 Å². The number of nitrogens with zero attached hydrogens (tertiary/aromatic N) is 3. The summed E-state index contributed by atoms with van der Waals surface area (Å²) in [6, 6.07) is 12.3. The average molecular weight is 473 g/mol. The van der Waals surface area contributed by atoms with Gasteiger partial charge in [0.2, 0.25) is 5.91 Å². The number of carbonyl (C=O) groups excluding carboxylic acids is 1. The molecule has 3 aliphatic rings. The summed E-state index contributed by atoms with van der Waals surface area (Å²) in [4.78, 5) is 14.5. The Morgan fingerprint density at radius 3 is 2.91 bits per heavy atom. The molecule has 5 rings (SSSR count). The predicted octanol–water partition coefficient (Wildman–Crippen LogP) is 3.77. The van der Waals surface area contributed by atoms with Crippen LogP contribution in [0.1, 0.15) is 23.6 Å². The second-order valence-electron chi connectivity index (χ2n) is 7.87. The summed E-state index contributed by atoms with van der Waals surface area (Å²) < 4.78 is 13.3. The van der Waals surface area contributed by atoms with Crippen LogP contribution in [-0.4, -0.2) is 38.9 Å². The van der Waals surface area contributed by atoms with E-state index in [0.29, 0.717) is 10.7 Å². The zero-order valence-corrected chi connectivity index (χ0v) is 18.8. The van der Waals surface area contributed by atoms with Crippen molar-refractivity contribution < 1.29 is 9.18 Å². The Hall–Kier alpha value is -2.75. The smallest absolute Gasteiger partial charge is 0.234 e. The summed E-state index contributed by atoms with van der Waals surface area (Å²) >= 11 is 7.51. The molecular weight excluding hydrogens is 451 g/mol. The number of hydrazone groups is 1. The van der Waals surface area contributed by atoms with Gasteiger partial charge in [-0.05, 0) is 48.7 Å². The van der Waals surface area contributed by atoms with Gasteiger partial charge in [-0.15, -0.1) is 0 Å². The number of halogens is 2. The highest BCUT2D eigenvalue weighted by atomic mass is 35.5. The van der Waals surface area contributed by atoms with Crippen molar-refractivity contribution in [1.29, 1.82) is 0 Å². The summed E-state index contributed by atoms with van der Waals surface area (Å²) in [5.41, 5.74) is 9.27. The Kier molecular flexibility index (Phi) is 5.71. The van der Waals surface area contributed by atoms with Crippen molar-refractivity contribution in [2.75, 3.05) is 11.1 Å². The van der Waals surface area contributed by atoms with Crippen LogP contribution < -0.4 is 16.2 Å². The van der Waals surface area contributed by atoms with Crippen molar-refractivity contribution in [3.63, 3.8) is 0 Å². The maximum absolute atomic E-state index is 13.3. The van der Waals surface area contributed by atoms with Crippen molar-refractivity contribution in [2.45, 2.75) is 31.6 Å². The van der Waals surface area contributed by atoms with Crippen molar-refractivity contribution in [3.8, 4) is 0 Å². The Morgan fingerprint density at radius 1 is 1.28 bits per heavy atom. The van der Waals surface area contributed by atoms with E-state index in [1.54, 1.807) is 6.07 Å². The molecule has 32 heavy (non-hydrogen) atoms. The number of fused-ring (bicyclic) bond motifs is 3. The minimum atomic E-state index is -0.238. The van der Waals surface area contributed by atoms with Gasteiger partial charge in [0.25, 0.3) is 0 Å². The number of nitrogens with one attached hydrogen (secondary N) is 3. The van der Waals surface area contributed by atoms with Crippen molar-refractivity contribution in [1.82, 2.24) is 20.8 Å². The molecule has 2 aromatic carbocycles. The Bertz CT molecular complexity index is 1090. The van der Waals surface area contributed by atoms with Gasteiger partial charge in [0.05, 0.1) is 17.8 Å². The normalized spacial score (nSPS) is 23.5. The van der Waals surface area contributed by atoms with E-state index in [-0.39, 0.29) is 35.7 Å². The molecule has 3 heterocycles. The number of hydrazine groups is 1. The van der Waals surface area contributed by atoms with Gasteiger partial charge < -0.3 is 15.2 Å². The zero-order chi connectivity index (χ0) is 22.2. The largest absolute Gasteiger partial charge is 0.325 e. The lowest BCUT2D eigenvalue weighted by molar-refractivity contribution is -0.113. The van der Waals surface area contributed by atoms with Crippen LogP contribution in [0.3, 0.4) is 0 Å². The molecule has 1 fully saturated rings. The highest BCUT2D eigenvalue weighted by Gasteiger charge is 2.44. The van der Waals surface area contributed by atoms with E-state index in [2.05, 4.69) is 31.2 Å². The van der Waals surface area contributed by atoms with E-state index in [1.807, 2.05) is 43.6 Å². The summed E-state index contributed by atoms with van der Waals surface area (Å²) in [5.74, 6) is -0.125. The number of hydrogen-bond donors (Lipinski definition) is 3. The first-order chi connectivity index (χ1) is 15.5. The average Bonchev–Trinajstić information content (AvgIpc) is 3.40. The third kappa shape index (κ3) is 4.03. The van der Waals surface area contributed by atoms with Gasteiger partial charge in [-0.2, -0.15) is 5.10 Å². The highest BCUT2D eigenvalue weighted by molar-refractivity contribution is 8.14. The van der Waals surface area contributed by atoms with Crippen LogP contribution in [0.4, 0.5) is 10.1 Å². The summed E-state index contributed by atoms with van der Waals surface area (Å²) in [6.45, 7) is 1.87. The lowest BCUT2D eigenvalue weighted by atomic mass is 10.00. The van der Waals surface area contributed by atoms with E-state index in [4.69, 9.17) is 11.6 Å². The molecule has 0 aromatic heterocycles. The quantitative estimate of drug-likeness (QED) is 0.629. The molecule has 3 unspecified atom stereocenters. The van der Waals surface area contributed by atoms with Crippen LogP contribution in [0.15, 0.2) is 60.0 Å². The van der Waals surface area contributed by atoms with Gasteiger partial charge in [-0.1, -0.05) is 41.6 Å². The van der Waals surface area contributed by atoms with Crippen molar-refractivity contribution in [3.05, 3.63) is 76.8 Å². The molecule has 0 spiro atoms. The number of amidine groups is 1. The molecule has 0 saturated carbocycles. The van der Waals surface area contributed by atoms with Crippen LogP contribution in [0.5, 0.6) is 0 Å². The van der Waals surface area contributed by atoms with Gasteiger partial charge in [-0.25, -0.2) is 9.82 Å². The second-order valence-corrected chi connectivity index (χ2v) is 9.22. The first kappa shape index (κ1) is 21.1. The third-order valence-electron chi connectivity index (χ3n) is 5.85. The maximum Gasteiger partial charge on any atom is 0.234 e. The van der Waals surface area contributed by atoms with E-state index in [0.717, 1.165) is 22.7 Å². The van der Waals surface area contributed by atoms with Crippen LogP contribution >= 0.6 is 23.4 Å². The number of thioether (sulfide) groups is 1. The zero-order valence-electron chi connectivity index (χ0n) is 17.3. The minimum absolute atomic E-state index is 0.0429. The summed E-state index contributed by atoms with van der Waals surface area (Å²) in [7, 11) is 0. The topological polar surface area (TPSA) is 72.0 Å². The Labute approximate surface area is 194 Å². The molecule has 1 amide bonds. The predicted molar refractivity (Wildman–Crippen MR) is 125 cm³/mol.